The van der Waals surface area contributed by atoms with E-state index in [9.17, 15) is 13.6 Å². The van der Waals surface area contributed by atoms with Crippen molar-refractivity contribution >= 4 is 23.4 Å². The summed E-state index contributed by atoms with van der Waals surface area (Å²) in [5.74, 6) is -2.16. The van der Waals surface area contributed by atoms with Gasteiger partial charge < -0.3 is 10.3 Å². The molecule has 0 saturated heterocycles. The van der Waals surface area contributed by atoms with Gasteiger partial charge in [0.25, 0.3) is 0 Å². The summed E-state index contributed by atoms with van der Waals surface area (Å²) in [6, 6.07) is 13.2. The summed E-state index contributed by atoms with van der Waals surface area (Å²) in [6.45, 7) is 1.94. The molecule has 4 nitrogen and oxygen atoms in total. The molecule has 3 aromatic rings. The molecule has 0 unspecified atom stereocenters. The number of amides is 1. The van der Waals surface area contributed by atoms with E-state index in [4.69, 9.17) is 0 Å². The maximum absolute atomic E-state index is 13.2. The molecule has 1 aromatic heterocycles. The van der Waals surface area contributed by atoms with Crippen molar-refractivity contribution in [2.45, 2.75) is 18.5 Å². The number of H-pyrrole nitrogens is 1. The number of thioether (sulfide) groups is 1. The van der Waals surface area contributed by atoms with Crippen molar-refractivity contribution in [3.8, 4) is 0 Å². The van der Waals surface area contributed by atoms with E-state index in [1.54, 1.807) is 0 Å². The molecule has 0 aliphatic carbocycles. The van der Waals surface area contributed by atoms with Crippen LogP contribution in [-0.4, -0.2) is 21.6 Å². The largest absolute Gasteiger partial charge is 0.337 e. The Hall–Kier alpha value is -2.67. The van der Waals surface area contributed by atoms with Crippen LogP contribution in [0.25, 0.3) is 0 Å². The number of aryl methyl sites for hydroxylation is 1. The molecule has 0 fully saturated rings. The molecule has 0 atom stereocenters. The first-order valence-corrected chi connectivity index (χ1v) is 8.97. The predicted molar refractivity (Wildman–Crippen MR) is 98.3 cm³/mol. The van der Waals surface area contributed by atoms with Crippen LogP contribution in [0.15, 0.2) is 53.7 Å². The third-order valence-electron chi connectivity index (χ3n) is 3.72. The van der Waals surface area contributed by atoms with E-state index in [0.717, 1.165) is 29.1 Å². The first-order chi connectivity index (χ1) is 12.5. The zero-order valence-corrected chi connectivity index (χ0v) is 14.9. The van der Waals surface area contributed by atoms with Crippen molar-refractivity contribution in [3.63, 3.8) is 0 Å². The van der Waals surface area contributed by atoms with E-state index in [-0.39, 0.29) is 17.3 Å². The number of nitrogens with one attached hydrogen (secondary N) is 2. The standard InChI is InChI=1S/C19H17F2N3OS/c1-12-17(9-13-5-3-2-4-6-13)24-19(22-12)26-11-18(25)23-14-7-8-15(20)16(21)10-14/h2-8,10H,9,11H2,1H3,(H,22,24)(H,23,25). The van der Waals surface area contributed by atoms with Crippen molar-refractivity contribution in [2.75, 3.05) is 11.1 Å². The maximum atomic E-state index is 13.2. The van der Waals surface area contributed by atoms with E-state index in [2.05, 4.69) is 15.3 Å². The second-order valence-corrected chi connectivity index (χ2v) is 6.71. The van der Waals surface area contributed by atoms with Gasteiger partial charge in [0.15, 0.2) is 16.8 Å². The number of carbonyl (C=O) groups excluding carboxylic acids is 1. The zero-order chi connectivity index (χ0) is 18.5. The van der Waals surface area contributed by atoms with Gasteiger partial charge in [0, 0.05) is 23.9 Å². The van der Waals surface area contributed by atoms with E-state index in [1.807, 2.05) is 37.3 Å². The number of hydrogen-bond donors (Lipinski definition) is 2. The van der Waals surface area contributed by atoms with Gasteiger partial charge >= 0.3 is 0 Å². The summed E-state index contributed by atoms with van der Waals surface area (Å²) in [6.07, 6.45) is 0.713. The highest BCUT2D eigenvalue weighted by Crippen LogP contribution is 2.20. The lowest BCUT2D eigenvalue weighted by Gasteiger charge is -2.04. The van der Waals surface area contributed by atoms with Crippen LogP contribution >= 0.6 is 11.8 Å². The third kappa shape index (κ3) is 4.70. The van der Waals surface area contributed by atoms with Gasteiger partial charge in [-0.2, -0.15) is 0 Å². The molecular formula is C19H17F2N3OS. The van der Waals surface area contributed by atoms with E-state index >= 15 is 0 Å². The van der Waals surface area contributed by atoms with Crippen LogP contribution < -0.4 is 5.32 Å². The van der Waals surface area contributed by atoms with Crippen LogP contribution in [0.4, 0.5) is 14.5 Å². The Bertz CT molecular complexity index is 912. The van der Waals surface area contributed by atoms with Gasteiger partial charge in [-0.3, -0.25) is 4.79 Å². The van der Waals surface area contributed by atoms with Crippen LogP contribution in [0, 0.1) is 18.6 Å². The van der Waals surface area contributed by atoms with Gasteiger partial charge in [-0.1, -0.05) is 42.1 Å². The van der Waals surface area contributed by atoms with E-state index in [0.29, 0.717) is 11.6 Å². The summed E-state index contributed by atoms with van der Waals surface area (Å²) in [5.41, 5.74) is 3.27. The van der Waals surface area contributed by atoms with Gasteiger partial charge in [0.1, 0.15) is 0 Å². The lowest BCUT2D eigenvalue weighted by atomic mass is 10.1. The third-order valence-corrected chi connectivity index (χ3v) is 4.59. The zero-order valence-electron chi connectivity index (χ0n) is 14.1. The molecule has 0 bridgehead atoms. The molecule has 2 aromatic carbocycles. The Morgan fingerprint density at radius 2 is 1.92 bits per heavy atom. The molecular weight excluding hydrogens is 356 g/mol. The average Bonchev–Trinajstić information content (AvgIpc) is 2.97. The summed E-state index contributed by atoms with van der Waals surface area (Å²) >= 11 is 1.25. The molecule has 26 heavy (non-hydrogen) atoms. The topological polar surface area (TPSA) is 57.8 Å². The SMILES string of the molecule is Cc1[nH]c(SCC(=O)Nc2ccc(F)c(F)c2)nc1Cc1ccccc1. The van der Waals surface area contributed by atoms with Crippen LogP contribution in [-0.2, 0) is 11.2 Å². The molecule has 3 rings (SSSR count). The van der Waals surface area contributed by atoms with Gasteiger partial charge in [0.2, 0.25) is 5.91 Å². The Morgan fingerprint density at radius 1 is 1.15 bits per heavy atom. The van der Waals surface area contributed by atoms with Crippen LogP contribution in [0.5, 0.6) is 0 Å². The summed E-state index contributed by atoms with van der Waals surface area (Å²) in [4.78, 5) is 19.7. The molecule has 0 radical (unpaired) electrons. The number of rotatable bonds is 6. The monoisotopic (exact) mass is 373 g/mol. The van der Waals surface area contributed by atoms with E-state index < -0.39 is 11.6 Å². The number of anilines is 1. The minimum atomic E-state index is -0.998. The highest BCUT2D eigenvalue weighted by Gasteiger charge is 2.11. The van der Waals surface area contributed by atoms with E-state index in [1.165, 1.54) is 17.8 Å². The molecule has 1 heterocycles. The summed E-state index contributed by atoms with van der Waals surface area (Å²) in [7, 11) is 0. The van der Waals surface area contributed by atoms with Crippen molar-refractivity contribution < 1.29 is 13.6 Å². The normalized spacial score (nSPS) is 10.7. The number of hydrogen-bond acceptors (Lipinski definition) is 3. The van der Waals surface area contributed by atoms with Crippen LogP contribution in [0.2, 0.25) is 0 Å². The molecule has 7 heteroatoms. The highest BCUT2D eigenvalue weighted by molar-refractivity contribution is 7.99. The summed E-state index contributed by atoms with van der Waals surface area (Å²) < 4.78 is 26.1. The molecule has 0 spiro atoms. The molecule has 1 amide bonds. The average molecular weight is 373 g/mol. The van der Waals surface area contributed by atoms with Crippen molar-refractivity contribution in [1.82, 2.24) is 9.97 Å². The number of carbonyl (C=O) groups is 1. The van der Waals surface area contributed by atoms with Gasteiger partial charge in [-0.05, 0) is 24.6 Å². The number of benzene rings is 2. The second-order valence-electron chi connectivity index (χ2n) is 5.74. The number of nitrogens with zero attached hydrogens (tertiary/aromatic N) is 1. The van der Waals surface area contributed by atoms with Gasteiger partial charge in [0.05, 0.1) is 11.4 Å². The van der Waals surface area contributed by atoms with Gasteiger partial charge in [-0.15, -0.1) is 0 Å². The van der Waals surface area contributed by atoms with Crippen molar-refractivity contribution in [1.29, 1.82) is 0 Å². The molecule has 0 aliphatic heterocycles. The Balaban J connectivity index is 1.56. The molecule has 2 N–H and O–H groups in total. The first kappa shape index (κ1) is 18.1. The van der Waals surface area contributed by atoms with Gasteiger partial charge in [-0.25, -0.2) is 13.8 Å². The smallest absolute Gasteiger partial charge is 0.234 e. The Labute approximate surface area is 154 Å². The van der Waals surface area contributed by atoms with Crippen molar-refractivity contribution in [3.05, 3.63) is 77.1 Å². The fourth-order valence-corrected chi connectivity index (χ4v) is 3.14. The fourth-order valence-electron chi connectivity index (χ4n) is 2.40. The molecule has 134 valence electrons. The number of imidazole rings is 1. The molecule has 0 saturated carbocycles. The Kier molecular flexibility index (Phi) is 5.68. The number of halogens is 2. The lowest BCUT2D eigenvalue weighted by Crippen LogP contribution is -2.14. The minimum Gasteiger partial charge on any atom is -0.337 e. The quantitative estimate of drug-likeness (QED) is 0.633. The highest BCUT2D eigenvalue weighted by atomic mass is 32.2. The van der Waals surface area contributed by atoms with Crippen molar-refractivity contribution in [2.24, 2.45) is 0 Å². The fraction of sp³-hybridized carbons (Fsp3) is 0.158. The van der Waals surface area contributed by atoms with Crippen LogP contribution in [0.3, 0.4) is 0 Å². The maximum Gasteiger partial charge on any atom is 0.234 e. The first-order valence-electron chi connectivity index (χ1n) is 7.98. The summed E-state index contributed by atoms with van der Waals surface area (Å²) in [5, 5.41) is 3.18. The Morgan fingerprint density at radius 3 is 2.65 bits per heavy atom. The second kappa shape index (κ2) is 8.14. The predicted octanol–water partition coefficient (Wildman–Crippen LogP) is 4.32. The molecule has 0 aliphatic rings. The minimum absolute atomic E-state index is 0.108. The number of aromatic nitrogens is 2. The number of aromatic amines is 1. The van der Waals surface area contributed by atoms with Crippen LogP contribution in [0.1, 0.15) is 17.0 Å². The lowest BCUT2D eigenvalue weighted by molar-refractivity contribution is -0.113.